The normalized spacial score (nSPS) is 11.4. The number of benzene rings is 3. The van der Waals surface area contributed by atoms with Gasteiger partial charge in [0.15, 0.2) is 5.58 Å². The Balaban J connectivity index is 1.32. The van der Waals surface area contributed by atoms with Crippen LogP contribution in [0.3, 0.4) is 0 Å². The minimum Gasteiger partial charge on any atom is -0.457 e. The topological polar surface area (TPSA) is 68.3 Å². The van der Waals surface area contributed by atoms with Crippen LogP contribution in [0.2, 0.25) is 0 Å². The van der Waals surface area contributed by atoms with E-state index in [0.29, 0.717) is 23.1 Å². The van der Waals surface area contributed by atoms with Crippen molar-refractivity contribution in [3.05, 3.63) is 101 Å². The first kappa shape index (κ1) is 22.3. The summed E-state index contributed by atoms with van der Waals surface area (Å²) in [4.78, 5) is 17.2. The summed E-state index contributed by atoms with van der Waals surface area (Å²) in [6.07, 6.45) is 3.00. The van der Waals surface area contributed by atoms with Crippen molar-refractivity contribution in [3.63, 3.8) is 0 Å². The fraction of sp³-hybridized carbons (Fsp3) is 0.103. The molecule has 0 aliphatic carbocycles. The molecule has 0 spiro atoms. The van der Waals surface area contributed by atoms with E-state index in [-0.39, 0.29) is 11.7 Å². The van der Waals surface area contributed by atoms with E-state index in [1.807, 2.05) is 51.1 Å². The highest BCUT2D eigenvalue weighted by Gasteiger charge is 2.12. The number of aromatic nitrogens is 1. The summed E-state index contributed by atoms with van der Waals surface area (Å²) in [5.41, 5.74) is 6.94. The monoisotopic (exact) mass is 466 g/mol. The lowest BCUT2D eigenvalue weighted by molar-refractivity contribution is -0.111. The Morgan fingerprint density at radius 2 is 1.60 bits per heavy atom. The van der Waals surface area contributed by atoms with Crippen LogP contribution in [0.4, 0.5) is 10.1 Å². The van der Waals surface area contributed by atoms with Gasteiger partial charge in [-0.2, -0.15) is 0 Å². The third-order valence-corrected chi connectivity index (χ3v) is 5.90. The molecule has 0 aliphatic heterocycles. The van der Waals surface area contributed by atoms with E-state index < -0.39 is 0 Å². The standard InChI is InChI=1S/C29H23FN2O3/c1-17-4-5-21(29-32-25-14-18(2)19(3)15-27(25)35-29)16-24(17)31-28(33)13-11-23-10-12-26(34-23)20-6-8-22(30)9-7-20/h4-16H,1-3H3,(H,31,33)/b13-11+. The average molecular weight is 467 g/mol. The Morgan fingerprint density at radius 1 is 0.857 bits per heavy atom. The predicted molar refractivity (Wildman–Crippen MR) is 135 cm³/mol. The SMILES string of the molecule is Cc1cc2nc(-c3ccc(C)c(NC(=O)/C=C/c4ccc(-c5ccc(F)cc5)o4)c3)oc2cc1C. The number of aryl methyl sites for hydroxylation is 3. The largest absolute Gasteiger partial charge is 0.457 e. The predicted octanol–water partition coefficient (Wildman–Crippen LogP) is 7.47. The highest BCUT2D eigenvalue weighted by Crippen LogP contribution is 2.29. The molecule has 5 aromatic rings. The summed E-state index contributed by atoms with van der Waals surface area (Å²) in [6, 6.07) is 19.3. The molecule has 0 saturated heterocycles. The number of carbonyl (C=O) groups excluding carboxylic acids is 1. The quantitative estimate of drug-likeness (QED) is 0.273. The van der Waals surface area contributed by atoms with Crippen molar-refractivity contribution in [2.75, 3.05) is 5.32 Å². The summed E-state index contributed by atoms with van der Waals surface area (Å²) >= 11 is 0. The minimum absolute atomic E-state index is 0.297. The van der Waals surface area contributed by atoms with Gasteiger partial charge < -0.3 is 14.2 Å². The van der Waals surface area contributed by atoms with Crippen LogP contribution in [0.15, 0.2) is 81.6 Å². The number of nitrogens with zero attached hydrogens (tertiary/aromatic N) is 1. The Morgan fingerprint density at radius 3 is 2.40 bits per heavy atom. The number of furan rings is 1. The first-order valence-electron chi connectivity index (χ1n) is 11.2. The first-order valence-corrected chi connectivity index (χ1v) is 11.2. The van der Waals surface area contributed by atoms with Crippen molar-refractivity contribution in [3.8, 4) is 22.8 Å². The third kappa shape index (κ3) is 4.77. The Hall–Kier alpha value is -4.45. The molecule has 1 N–H and O–H groups in total. The molecule has 35 heavy (non-hydrogen) atoms. The molecule has 5 nitrogen and oxygen atoms in total. The number of rotatable bonds is 5. The average Bonchev–Trinajstić information content (AvgIpc) is 3.47. The second-order valence-corrected chi connectivity index (χ2v) is 8.48. The maximum atomic E-state index is 13.1. The van der Waals surface area contributed by atoms with Gasteiger partial charge in [-0.1, -0.05) is 6.07 Å². The second-order valence-electron chi connectivity index (χ2n) is 8.48. The Labute approximate surface area is 201 Å². The Kier molecular flexibility index (Phi) is 5.79. The lowest BCUT2D eigenvalue weighted by Gasteiger charge is -2.07. The molecular weight excluding hydrogens is 443 g/mol. The van der Waals surface area contributed by atoms with Crippen molar-refractivity contribution in [2.24, 2.45) is 0 Å². The van der Waals surface area contributed by atoms with E-state index in [1.54, 1.807) is 30.3 Å². The zero-order valence-corrected chi connectivity index (χ0v) is 19.6. The van der Waals surface area contributed by atoms with Gasteiger partial charge in [0, 0.05) is 22.9 Å². The number of oxazole rings is 1. The number of nitrogens with one attached hydrogen (secondary N) is 1. The highest BCUT2D eigenvalue weighted by molar-refractivity contribution is 6.02. The molecule has 174 valence electrons. The second kappa shape index (κ2) is 9.06. The van der Waals surface area contributed by atoms with Crippen LogP contribution in [-0.4, -0.2) is 10.9 Å². The number of fused-ring (bicyclic) bond motifs is 1. The Bertz CT molecular complexity index is 1540. The molecular formula is C29H23FN2O3. The van der Waals surface area contributed by atoms with Gasteiger partial charge >= 0.3 is 0 Å². The van der Waals surface area contributed by atoms with Crippen LogP contribution >= 0.6 is 0 Å². The molecule has 0 aliphatic rings. The third-order valence-electron chi connectivity index (χ3n) is 5.90. The molecule has 1 amide bonds. The molecule has 0 bridgehead atoms. The minimum atomic E-state index is -0.308. The fourth-order valence-corrected chi connectivity index (χ4v) is 3.74. The number of carbonyl (C=O) groups is 1. The molecule has 0 unspecified atom stereocenters. The van der Waals surface area contributed by atoms with Gasteiger partial charge in [0.1, 0.15) is 22.9 Å². The van der Waals surface area contributed by atoms with Crippen LogP contribution in [0, 0.1) is 26.6 Å². The zero-order valence-electron chi connectivity index (χ0n) is 19.6. The smallest absolute Gasteiger partial charge is 0.248 e. The van der Waals surface area contributed by atoms with Gasteiger partial charge in [0.25, 0.3) is 0 Å². The summed E-state index contributed by atoms with van der Waals surface area (Å²) in [6.45, 7) is 6.00. The number of hydrogen-bond donors (Lipinski definition) is 1. The van der Waals surface area contributed by atoms with Crippen molar-refractivity contribution < 1.29 is 18.0 Å². The lowest BCUT2D eigenvalue weighted by Crippen LogP contribution is -2.09. The van der Waals surface area contributed by atoms with Gasteiger partial charge in [-0.15, -0.1) is 0 Å². The van der Waals surface area contributed by atoms with Gasteiger partial charge in [0.2, 0.25) is 11.8 Å². The van der Waals surface area contributed by atoms with Crippen molar-refractivity contribution in [1.82, 2.24) is 4.98 Å². The van der Waals surface area contributed by atoms with Gasteiger partial charge in [-0.3, -0.25) is 4.79 Å². The molecule has 0 radical (unpaired) electrons. The molecule has 2 aromatic heterocycles. The van der Waals surface area contributed by atoms with E-state index in [0.717, 1.165) is 38.9 Å². The summed E-state index contributed by atoms with van der Waals surface area (Å²) in [5, 5.41) is 2.91. The number of hydrogen-bond acceptors (Lipinski definition) is 4. The van der Waals surface area contributed by atoms with Crippen LogP contribution in [0.1, 0.15) is 22.5 Å². The van der Waals surface area contributed by atoms with E-state index >= 15 is 0 Å². The van der Waals surface area contributed by atoms with Gasteiger partial charge in [0.05, 0.1) is 0 Å². The number of anilines is 1. The maximum Gasteiger partial charge on any atom is 0.248 e. The summed E-state index contributed by atoms with van der Waals surface area (Å²) in [5.74, 6) is 1.01. The fourth-order valence-electron chi connectivity index (χ4n) is 3.74. The summed E-state index contributed by atoms with van der Waals surface area (Å²) in [7, 11) is 0. The molecule has 0 fully saturated rings. The zero-order chi connectivity index (χ0) is 24.5. The molecule has 5 rings (SSSR count). The van der Waals surface area contributed by atoms with E-state index in [2.05, 4.69) is 10.3 Å². The van der Waals surface area contributed by atoms with Crippen LogP contribution < -0.4 is 5.32 Å². The number of halogens is 1. The molecule has 6 heteroatoms. The van der Waals surface area contributed by atoms with E-state index in [1.165, 1.54) is 18.2 Å². The van der Waals surface area contributed by atoms with Crippen molar-refractivity contribution >= 4 is 28.8 Å². The molecule has 0 saturated carbocycles. The van der Waals surface area contributed by atoms with E-state index in [4.69, 9.17) is 8.83 Å². The molecule has 3 aromatic carbocycles. The maximum absolute atomic E-state index is 13.1. The van der Waals surface area contributed by atoms with Crippen LogP contribution in [0.25, 0.3) is 40.0 Å². The number of amides is 1. The van der Waals surface area contributed by atoms with Crippen LogP contribution in [-0.2, 0) is 4.79 Å². The highest BCUT2D eigenvalue weighted by atomic mass is 19.1. The molecule has 0 atom stereocenters. The van der Waals surface area contributed by atoms with Crippen molar-refractivity contribution in [2.45, 2.75) is 20.8 Å². The van der Waals surface area contributed by atoms with Gasteiger partial charge in [-0.05, 0) is 104 Å². The molecule has 2 heterocycles. The van der Waals surface area contributed by atoms with Crippen molar-refractivity contribution in [1.29, 1.82) is 0 Å². The summed E-state index contributed by atoms with van der Waals surface area (Å²) < 4.78 is 24.8. The van der Waals surface area contributed by atoms with E-state index in [9.17, 15) is 9.18 Å². The first-order chi connectivity index (χ1) is 16.9. The van der Waals surface area contributed by atoms with Crippen LogP contribution in [0.5, 0.6) is 0 Å². The lowest BCUT2D eigenvalue weighted by atomic mass is 10.1. The van der Waals surface area contributed by atoms with Gasteiger partial charge in [-0.25, -0.2) is 9.37 Å².